The van der Waals surface area contributed by atoms with Crippen molar-refractivity contribution in [3.63, 3.8) is 0 Å². The molecule has 1 fully saturated rings. The van der Waals surface area contributed by atoms with Gasteiger partial charge in [-0.25, -0.2) is 0 Å². The van der Waals surface area contributed by atoms with Crippen LogP contribution in [0.2, 0.25) is 0 Å². The van der Waals surface area contributed by atoms with E-state index < -0.39 is 0 Å². The van der Waals surface area contributed by atoms with Crippen LogP contribution in [0.5, 0.6) is 0 Å². The monoisotopic (exact) mass is 254 g/mol. The van der Waals surface area contributed by atoms with Crippen LogP contribution in [-0.2, 0) is 4.79 Å². The highest BCUT2D eigenvalue weighted by Gasteiger charge is 2.24. The van der Waals surface area contributed by atoms with Gasteiger partial charge < -0.3 is 11.1 Å². The van der Waals surface area contributed by atoms with E-state index in [0.29, 0.717) is 12.5 Å². The van der Waals surface area contributed by atoms with Crippen molar-refractivity contribution in [2.45, 2.75) is 78.3 Å². The van der Waals surface area contributed by atoms with E-state index in [4.69, 9.17) is 5.73 Å². The second-order valence-corrected chi connectivity index (χ2v) is 7.05. The van der Waals surface area contributed by atoms with Gasteiger partial charge in [0.2, 0.25) is 5.91 Å². The number of carbonyl (C=O) groups is 1. The summed E-state index contributed by atoms with van der Waals surface area (Å²) in [6.45, 7) is 8.55. The van der Waals surface area contributed by atoms with Gasteiger partial charge in [0.15, 0.2) is 0 Å². The highest BCUT2D eigenvalue weighted by atomic mass is 16.1. The summed E-state index contributed by atoms with van der Waals surface area (Å²) in [6.07, 6.45) is 6.45. The van der Waals surface area contributed by atoms with Crippen LogP contribution >= 0.6 is 0 Å². The molecule has 3 N–H and O–H groups in total. The van der Waals surface area contributed by atoms with Crippen LogP contribution in [0.15, 0.2) is 0 Å². The number of amides is 1. The van der Waals surface area contributed by atoms with Gasteiger partial charge >= 0.3 is 0 Å². The summed E-state index contributed by atoms with van der Waals surface area (Å²) >= 11 is 0. The number of nitrogens with one attached hydrogen (secondary N) is 1. The van der Waals surface area contributed by atoms with Crippen LogP contribution in [-0.4, -0.2) is 18.0 Å². The minimum Gasteiger partial charge on any atom is -0.353 e. The van der Waals surface area contributed by atoms with Crippen molar-refractivity contribution in [1.29, 1.82) is 0 Å². The van der Waals surface area contributed by atoms with Crippen molar-refractivity contribution in [1.82, 2.24) is 5.32 Å². The third-order valence-corrected chi connectivity index (χ3v) is 4.14. The van der Waals surface area contributed by atoms with Gasteiger partial charge in [-0.3, -0.25) is 4.79 Å². The van der Waals surface area contributed by atoms with E-state index in [1.165, 1.54) is 19.3 Å². The van der Waals surface area contributed by atoms with E-state index in [1.807, 2.05) is 0 Å². The van der Waals surface area contributed by atoms with Crippen LogP contribution < -0.4 is 11.1 Å². The third kappa shape index (κ3) is 5.38. The Hall–Kier alpha value is -0.570. The van der Waals surface area contributed by atoms with E-state index >= 15 is 0 Å². The van der Waals surface area contributed by atoms with Gasteiger partial charge in [-0.05, 0) is 30.6 Å². The van der Waals surface area contributed by atoms with Gasteiger partial charge in [0.1, 0.15) is 0 Å². The molecule has 1 aliphatic rings. The number of nitrogens with two attached hydrogens (primary N) is 1. The van der Waals surface area contributed by atoms with Gasteiger partial charge in [0, 0.05) is 18.5 Å². The summed E-state index contributed by atoms with van der Waals surface area (Å²) < 4.78 is 0. The Morgan fingerprint density at radius 2 is 1.94 bits per heavy atom. The van der Waals surface area contributed by atoms with Gasteiger partial charge in [-0.1, -0.05) is 40.5 Å². The zero-order chi connectivity index (χ0) is 13.8. The van der Waals surface area contributed by atoms with Crippen LogP contribution in [0, 0.1) is 11.3 Å². The van der Waals surface area contributed by atoms with Crippen molar-refractivity contribution in [2.75, 3.05) is 0 Å². The lowest BCUT2D eigenvalue weighted by atomic mass is 9.85. The third-order valence-electron chi connectivity index (χ3n) is 4.14. The van der Waals surface area contributed by atoms with Crippen LogP contribution in [0.1, 0.15) is 66.2 Å². The van der Waals surface area contributed by atoms with Gasteiger partial charge in [0.25, 0.3) is 0 Å². The van der Waals surface area contributed by atoms with E-state index in [-0.39, 0.29) is 17.4 Å². The summed E-state index contributed by atoms with van der Waals surface area (Å²) in [7, 11) is 0. The maximum absolute atomic E-state index is 12.0. The summed E-state index contributed by atoms with van der Waals surface area (Å²) in [5.41, 5.74) is 6.04. The molecule has 0 aromatic rings. The van der Waals surface area contributed by atoms with Gasteiger partial charge in [0.05, 0.1) is 0 Å². The Balaban J connectivity index is 2.35. The van der Waals surface area contributed by atoms with Crippen LogP contribution in [0.25, 0.3) is 0 Å². The molecule has 0 radical (unpaired) electrons. The number of hydrogen-bond donors (Lipinski definition) is 2. The zero-order valence-corrected chi connectivity index (χ0v) is 12.5. The number of rotatable bonds is 3. The summed E-state index contributed by atoms with van der Waals surface area (Å²) in [4.78, 5) is 12.0. The second-order valence-electron chi connectivity index (χ2n) is 7.05. The first-order chi connectivity index (χ1) is 8.29. The Morgan fingerprint density at radius 3 is 2.56 bits per heavy atom. The van der Waals surface area contributed by atoms with E-state index in [0.717, 1.165) is 18.8 Å². The molecule has 3 unspecified atom stereocenters. The largest absolute Gasteiger partial charge is 0.353 e. The smallest absolute Gasteiger partial charge is 0.221 e. The SMILES string of the molecule is CC1CCCC(NC(=O)CC(N)C(C)(C)C)CC1. The standard InChI is InChI=1S/C15H30N2O/c1-11-6-5-7-12(9-8-11)17-14(18)10-13(16)15(2,3)4/h11-13H,5-10,16H2,1-4H3,(H,17,18). The maximum Gasteiger partial charge on any atom is 0.221 e. The summed E-state index contributed by atoms with van der Waals surface area (Å²) in [5, 5.41) is 3.16. The van der Waals surface area contributed by atoms with Gasteiger partial charge in [-0.15, -0.1) is 0 Å². The minimum atomic E-state index is -0.0674. The fraction of sp³-hybridized carbons (Fsp3) is 0.933. The molecular weight excluding hydrogens is 224 g/mol. The Labute approximate surface area is 112 Å². The van der Waals surface area contributed by atoms with E-state index in [2.05, 4.69) is 33.0 Å². The Kier molecular flexibility index (Phi) is 5.64. The molecule has 3 heteroatoms. The molecule has 3 nitrogen and oxygen atoms in total. The molecule has 0 bridgehead atoms. The minimum absolute atomic E-state index is 0.00465. The molecule has 1 rings (SSSR count). The lowest BCUT2D eigenvalue weighted by Gasteiger charge is -2.27. The average molecular weight is 254 g/mol. The fourth-order valence-electron chi connectivity index (χ4n) is 2.42. The average Bonchev–Trinajstić information content (AvgIpc) is 2.42. The van der Waals surface area contributed by atoms with Crippen molar-refractivity contribution in [3.05, 3.63) is 0 Å². The highest BCUT2D eigenvalue weighted by Crippen LogP contribution is 2.23. The first-order valence-corrected chi connectivity index (χ1v) is 7.34. The molecule has 0 aromatic heterocycles. The fourth-order valence-corrected chi connectivity index (χ4v) is 2.42. The second kappa shape index (κ2) is 6.55. The molecule has 3 atom stereocenters. The van der Waals surface area contributed by atoms with Gasteiger partial charge in [-0.2, -0.15) is 0 Å². The Bertz CT molecular complexity index is 270. The predicted molar refractivity (Wildman–Crippen MR) is 76.2 cm³/mol. The van der Waals surface area contributed by atoms with Crippen LogP contribution in [0.4, 0.5) is 0 Å². The molecule has 0 aliphatic heterocycles. The quantitative estimate of drug-likeness (QED) is 0.761. The lowest BCUT2D eigenvalue weighted by Crippen LogP contribution is -2.42. The molecule has 0 aromatic carbocycles. The molecule has 1 aliphatic carbocycles. The molecule has 0 saturated heterocycles. The lowest BCUT2D eigenvalue weighted by molar-refractivity contribution is -0.122. The molecule has 18 heavy (non-hydrogen) atoms. The van der Waals surface area contributed by atoms with Crippen LogP contribution in [0.3, 0.4) is 0 Å². The zero-order valence-electron chi connectivity index (χ0n) is 12.5. The molecule has 106 valence electrons. The molecule has 0 spiro atoms. The molecule has 1 amide bonds. The molecule has 0 heterocycles. The van der Waals surface area contributed by atoms with Crippen molar-refractivity contribution in [2.24, 2.45) is 17.1 Å². The van der Waals surface area contributed by atoms with Crippen molar-refractivity contribution in [3.8, 4) is 0 Å². The highest BCUT2D eigenvalue weighted by molar-refractivity contribution is 5.77. The van der Waals surface area contributed by atoms with E-state index in [1.54, 1.807) is 0 Å². The van der Waals surface area contributed by atoms with Crippen molar-refractivity contribution < 1.29 is 4.79 Å². The molecular formula is C15H30N2O. The van der Waals surface area contributed by atoms with E-state index in [9.17, 15) is 4.79 Å². The topological polar surface area (TPSA) is 55.1 Å². The number of hydrogen-bond acceptors (Lipinski definition) is 2. The normalized spacial score (nSPS) is 27.4. The first-order valence-electron chi connectivity index (χ1n) is 7.34. The summed E-state index contributed by atoms with van der Waals surface area (Å²) in [6, 6.07) is 0.303. The molecule has 1 saturated carbocycles. The first kappa shape index (κ1) is 15.5. The van der Waals surface area contributed by atoms with Crippen molar-refractivity contribution >= 4 is 5.91 Å². The Morgan fingerprint density at radius 1 is 1.28 bits per heavy atom. The number of carbonyl (C=O) groups excluding carboxylic acids is 1. The maximum atomic E-state index is 12.0. The summed E-state index contributed by atoms with van der Waals surface area (Å²) in [5.74, 6) is 0.931. The predicted octanol–water partition coefficient (Wildman–Crippen LogP) is 2.83.